The van der Waals surface area contributed by atoms with E-state index in [1.165, 1.54) is 6.20 Å². The highest BCUT2D eigenvalue weighted by atomic mass is 79.9. The van der Waals surface area contributed by atoms with E-state index in [1.54, 1.807) is 0 Å². The highest BCUT2D eigenvalue weighted by molar-refractivity contribution is 9.08. The van der Waals surface area contributed by atoms with Crippen molar-refractivity contribution in [2.24, 2.45) is 0 Å². The molecule has 1 aromatic heterocycles. The maximum absolute atomic E-state index is 12.3. The van der Waals surface area contributed by atoms with Gasteiger partial charge in [0.15, 0.2) is 6.29 Å². The molecular weight excluding hydrogens is 258 g/mol. The molecule has 0 atom stereocenters. The quantitative estimate of drug-likeness (QED) is 0.674. The smallest absolute Gasteiger partial charge is 0.282 e. The van der Waals surface area contributed by atoms with Crippen LogP contribution in [0.2, 0.25) is 0 Å². The van der Waals surface area contributed by atoms with Crippen molar-refractivity contribution in [1.29, 1.82) is 0 Å². The van der Waals surface area contributed by atoms with Crippen LogP contribution in [0, 0.1) is 0 Å². The number of anilines is 1. The topological polar surface area (TPSA) is 56.0 Å². The van der Waals surface area contributed by atoms with Gasteiger partial charge in [-0.15, -0.1) is 0 Å². The molecule has 0 amide bonds. The molecule has 14 heavy (non-hydrogen) atoms. The van der Waals surface area contributed by atoms with Gasteiger partial charge < -0.3 is 5.73 Å². The molecule has 6 heteroatoms. The van der Waals surface area contributed by atoms with Gasteiger partial charge in [0.2, 0.25) is 0 Å². The first-order valence-electron chi connectivity index (χ1n) is 3.68. The van der Waals surface area contributed by atoms with Crippen LogP contribution in [0.5, 0.6) is 0 Å². The molecule has 0 saturated carbocycles. The Hall–Kier alpha value is -1.04. The molecule has 0 spiro atoms. The van der Waals surface area contributed by atoms with E-state index in [1.807, 2.05) is 0 Å². The summed E-state index contributed by atoms with van der Waals surface area (Å²) in [6.45, 7) is 0. The van der Waals surface area contributed by atoms with Gasteiger partial charge in [0.25, 0.3) is 6.43 Å². The van der Waals surface area contributed by atoms with Gasteiger partial charge in [0, 0.05) is 17.1 Å². The van der Waals surface area contributed by atoms with Crippen molar-refractivity contribution in [3.8, 4) is 0 Å². The lowest BCUT2D eigenvalue weighted by atomic mass is 10.1. The highest BCUT2D eigenvalue weighted by Gasteiger charge is 2.17. The van der Waals surface area contributed by atoms with Crippen molar-refractivity contribution >= 4 is 27.9 Å². The summed E-state index contributed by atoms with van der Waals surface area (Å²) in [6, 6.07) is 0. The van der Waals surface area contributed by atoms with E-state index in [9.17, 15) is 13.6 Å². The third-order valence-corrected chi connectivity index (χ3v) is 2.34. The van der Waals surface area contributed by atoms with E-state index in [-0.39, 0.29) is 11.3 Å². The van der Waals surface area contributed by atoms with Gasteiger partial charge in [0.1, 0.15) is 5.69 Å². The van der Waals surface area contributed by atoms with Crippen LogP contribution in [-0.4, -0.2) is 11.3 Å². The van der Waals surface area contributed by atoms with Crippen molar-refractivity contribution in [1.82, 2.24) is 4.98 Å². The maximum atomic E-state index is 12.3. The Kier molecular flexibility index (Phi) is 3.51. The molecule has 1 heterocycles. The number of carbonyl (C=O) groups excluding carboxylic acids is 1. The van der Waals surface area contributed by atoms with Crippen molar-refractivity contribution in [3.63, 3.8) is 0 Å². The summed E-state index contributed by atoms with van der Waals surface area (Å²) in [6.07, 6.45) is -1.09. The summed E-state index contributed by atoms with van der Waals surface area (Å²) in [5.41, 5.74) is 5.17. The van der Waals surface area contributed by atoms with E-state index in [0.717, 1.165) is 0 Å². The molecule has 0 fully saturated rings. The monoisotopic (exact) mass is 264 g/mol. The zero-order chi connectivity index (χ0) is 10.7. The predicted octanol–water partition coefficient (Wildman–Crippen LogP) is 2.31. The second-order valence-electron chi connectivity index (χ2n) is 2.55. The lowest BCUT2D eigenvalue weighted by Crippen LogP contribution is -2.05. The lowest BCUT2D eigenvalue weighted by Gasteiger charge is -2.08. The first kappa shape index (κ1) is 11.0. The Balaban J connectivity index is 3.34. The molecule has 0 aliphatic heterocycles. The standard InChI is InChI=1S/C8H7BrF2N2O/c9-1-4-2-13-7(8(10)11)6(12)5(4)3-14/h2-3,8H,1,12H2. The van der Waals surface area contributed by atoms with Crippen molar-refractivity contribution in [3.05, 3.63) is 23.0 Å². The normalized spacial score (nSPS) is 10.6. The Morgan fingerprint density at radius 2 is 2.29 bits per heavy atom. The first-order chi connectivity index (χ1) is 6.61. The van der Waals surface area contributed by atoms with Crippen LogP contribution in [0.25, 0.3) is 0 Å². The number of halogens is 3. The molecule has 0 bridgehead atoms. The Morgan fingerprint density at radius 3 is 2.71 bits per heavy atom. The van der Waals surface area contributed by atoms with Crippen LogP contribution in [0.3, 0.4) is 0 Å². The van der Waals surface area contributed by atoms with Crippen molar-refractivity contribution in [2.45, 2.75) is 11.8 Å². The molecule has 0 aliphatic rings. The van der Waals surface area contributed by atoms with Crippen LogP contribution in [0.1, 0.15) is 28.0 Å². The van der Waals surface area contributed by atoms with E-state index in [4.69, 9.17) is 5.73 Å². The minimum absolute atomic E-state index is 0.0761. The number of hydrogen-bond acceptors (Lipinski definition) is 3. The van der Waals surface area contributed by atoms with Gasteiger partial charge in [-0.05, 0) is 5.56 Å². The molecule has 0 saturated heterocycles. The number of hydrogen-bond donors (Lipinski definition) is 1. The fourth-order valence-electron chi connectivity index (χ4n) is 1.02. The summed E-state index contributed by atoms with van der Waals surface area (Å²) in [4.78, 5) is 14.1. The predicted molar refractivity (Wildman–Crippen MR) is 51.6 cm³/mol. The average Bonchev–Trinajstić information content (AvgIpc) is 2.16. The number of nitrogens with zero attached hydrogens (tertiary/aromatic N) is 1. The number of alkyl halides is 3. The number of rotatable bonds is 3. The summed E-state index contributed by atoms with van der Waals surface area (Å²) in [5, 5.41) is 0.349. The first-order valence-corrected chi connectivity index (χ1v) is 4.80. The number of pyridine rings is 1. The van der Waals surface area contributed by atoms with Crippen LogP contribution in [0.15, 0.2) is 6.20 Å². The number of nitrogen functional groups attached to an aromatic ring is 1. The Morgan fingerprint density at radius 1 is 1.64 bits per heavy atom. The average molecular weight is 265 g/mol. The summed E-state index contributed by atoms with van der Waals surface area (Å²) < 4.78 is 24.6. The molecule has 76 valence electrons. The van der Waals surface area contributed by atoms with Crippen LogP contribution >= 0.6 is 15.9 Å². The summed E-state index contributed by atoms with van der Waals surface area (Å²) in [7, 11) is 0. The summed E-state index contributed by atoms with van der Waals surface area (Å²) >= 11 is 3.10. The third kappa shape index (κ3) is 1.89. The SMILES string of the molecule is Nc1c(C(F)F)ncc(CBr)c1C=O. The Bertz CT molecular complexity index is 357. The van der Waals surface area contributed by atoms with Crippen molar-refractivity contribution in [2.75, 3.05) is 5.73 Å². The van der Waals surface area contributed by atoms with Gasteiger partial charge in [-0.25, -0.2) is 8.78 Å². The molecular formula is C8H7BrF2N2O. The molecule has 2 N–H and O–H groups in total. The molecule has 1 rings (SSSR count). The number of aldehydes is 1. The second-order valence-corrected chi connectivity index (χ2v) is 3.11. The van der Waals surface area contributed by atoms with Gasteiger partial charge in [-0.1, -0.05) is 15.9 Å². The fourth-order valence-corrected chi connectivity index (χ4v) is 1.46. The van der Waals surface area contributed by atoms with E-state index < -0.39 is 12.1 Å². The number of carbonyl (C=O) groups is 1. The molecule has 0 unspecified atom stereocenters. The molecule has 1 aromatic rings. The maximum Gasteiger partial charge on any atom is 0.282 e. The van der Waals surface area contributed by atoms with Crippen LogP contribution in [-0.2, 0) is 5.33 Å². The van der Waals surface area contributed by atoms with Crippen LogP contribution in [0.4, 0.5) is 14.5 Å². The lowest BCUT2D eigenvalue weighted by molar-refractivity contribution is 0.112. The minimum Gasteiger partial charge on any atom is -0.396 e. The van der Waals surface area contributed by atoms with Gasteiger partial charge >= 0.3 is 0 Å². The highest BCUT2D eigenvalue weighted by Crippen LogP contribution is 2.27. The molecule has 3 nitrogen and oxygen atoms in total. The minimum atomic E-state index is -2.77. The zero-order valence-electron chi connectivity index (χ0n) is 7.01. The van der Waals surface area contributed by atoms with Crippen LogP contribution < -0.4 is 5.73 Å². The van der Waals surface area contributed by atoms with Gasteiger partial charge in [-0.3, -0.25) is 9.78 Å². The van der Waals surface area contributed by atoms with E-state index in [0.29, 0.717) is 17.2 Å². The fraction of sp³-hybridized carbons (Fsp3) is 0.250. The van der Waals surface area contributed by atoms with Crippen molar-refractivity contribution < 1.29 is 13.6 Å². The number of nitrogens with two attached hydrogens (primary N) is 1. The van der Waals surface area contributed by atoms with E-state index in [2.05, 4.69) is 20.9 Å². The second kappa shape index (κ2) is 4.45. The third-order valence-electron chi connectivity index (χ3n) is 1.74. The molecule has 0 radical (unpaired) electrons. The Labute approximate surface area is 87.4 Å². The van der Waals surface area contributed by atoms with Gasteiger partial charge in [-0.2, -0.15) is 0 Å². The molecule has 0 aromatic carbocycles. The zero-order valence-corrected chi connectivity index (χ0v) is 8.59. The molecule has 0 aliphatic carbocycles. The largest absolute Gasteiger partial charge is 0.396 e. The van der Waals surface area contributed by atoms with E-state index >= 15 is 0 Å². The summed E-state index contributed by atoms with van der Waals surface area (Å²) in [5.74, 6) is 0. The van der Waals surface area contributed by atoms with Gasteiger partial charge in [0.05, 0.1) is 5.69 Å². The number of aromatic nitrogens is 1.